The van der Waals surface area contributed by atoms with Gasteiger partial charge in [-0.15, -0.1) is 0 Å². The van der Waals surface area contributed by atoms with Crippen molar-refractivity contribution in [1.82, 2.24) is 9.55 Å². The van der Waals surface area contributed by atoms with E-state index in [9.17, 15) is 4.79 Å². The van der Waals surface area contributed by atoms with Gasteiger partial charge in [0.1, 0.15) is 5.78 Å². The van der Waals surface area contributed by atoms with Gasteiger partial charge in [0.25, 0.3) is 0 Å². The number of fused-ring (bicyclic) bond motifs is 1. The number of nitrogens with zero attached hydrogens (tertiary/aromatic N) is 3. The van der Waals surface area contributed by atoms with Crippen LogP contribution in [0.25, 0.3) is 11.0 Å². The molecule has 1 aromatic heterocycles. The number of ketones is 1. The summed E-state index contributed by atoms with van der Waals surface area (Å²) in [4.78, 5) is 18.4. The Balaban J connectivity index is 2.12. The summed E-state index contributed by atoms with van der Waals surface area (Å²) in [5.41, 5.74) is 2.02. The molecule has 2 aromatic rings. The molecular formula is C14H17N3O. The number of anilines is 1. The van der Waals surface area contributed by atoms with E-state index in [2.05, 4.69) is 9.88 Å². The topological polar surface area (TPSA) is 38.1 Å². The van der Waals surface area contributed by atoms with E-state index in [4.69, 9.17) is 0 Å². The zero-order valence-electron chi connectivity index (χ0n) is 10.6. The monoisotopic (exact) mass is 243 g/mol. The van der Waals surface area contributed by atoms with Crippen molar-refractivity contribution in [1.29, 1.82) is 0 Å². The number of rotatable bonds is 3. The molecule has 0 aliphatic carbocycles. The minimum absolute atomic E-state index is 0.165. The minimum Gasteiger partial charge on any atom is -0.342 e. The van der Waals surface area contributed by atoms with Crippen LogP contribution >= 0.6 is 0 Å². The fourth-order valence-electron chi connectivity index (χ4n) is 2.60. The molecule has 0 N–H and O–H groups in total. The number of hydrogen-bond donors (Lipinski definition) is 0. The van der Waals surface area contributed by atoms with Crippen LogP contribution in [-0.2, 0) is 11.3 Å². The molecule has 0 amide bonds. The predicted octanol–water partition coefficient (Wildman–Crippen LogP) is 2.23. The third kappa shape index (κ3) is 1.88. The summed E-state index contributed by atoms with van der Waals surface area (Å²) >= 11 is 0. The molecule has 0 saturated carbocycles. The van der Waals surface area contributed by atoms with Gasteiger partial charge in [-0.25, -0.2) is 4.98 Å². The Labute approximate surface area is 106 Å². The lowest BCUT2D eigenvalue weighted by Crippen LogP contribution is -2.23. The lowest BCUT2D eigenvalue weighted by molar-refractivity contribution is -0.117. The maximum atomic E-state index is 11.5. The summed E-state index contributed by atoms with van der Waals surface area (Å²) in [5, 5.41) is 0. The molecule has 1 aliphatic heterocycles. The van der Waals surface area contributed by atoms with E-state index in [1.807, 2.05) is 28.8 Å². The van der Waals surface area contributed by atoms with Crippen molar-refractivity contribution < 1.29 is 4.79 Å². The lowest BCUT2D eigenvalue weighted by Gasteiger charge is -2.17. The Bertz CT molecular complexity index is 582. The summed E-state index contributed by atoms with van der Waals surface area (Å²) in [6, 6.07) is 8.02. The lowest BCUT2D eigenvalue weighted by atomic mass is 10.3. The normalized spacial score (nSPS) is 15.5. The van der Waals surface area contributed by atoms with E-state index in [-0.39, 0.29) is 5.78 Å². The Kier molecular flexibility index (Phi) is 2.78. The van der Waals surface area contributed by atoms with E-state index in [0.29, 0.717) is 6.54 Å². The summed E-state index contributed by atoms with van der Waals surface area (Å²) in [6.07, 6.45) is 2.42. The number of carbonyl (C=O) groups excluding carboxylic acids is 1. The smallest absolute Gasteiger partial charge is 0.206 e. The largest absolute Gasteiger partial charge is 0.342 e. The molecule has 0 bridgehead atoms. The van der Waals surface area contributed by atoms with E-state index in [1.165, 1.54) is 12.8 Å². The van der Waals surface area contributed by atoms with Gasteiger partial charge in [-0.3, -0.25) is 4.79 Å². The molecule has 1 aliphatic rings. The molecule has 4 nitrogen and oxygen atoms in total. The molecule has 0 atom stereocenters. The number of imidazole rings is 1. The first-order valence-corrected chi connectivity index (χ1v) is 6.45. The van der Waals surface area contributed by atoms with E-state index in [1.54, 1.807) is 6.92 Å². The van der Waals surface area contributed by atoms with E-state index in [0.717, 1.165) is 30.1 Å². The van der Waals surface area contributed by atoms with Crippen LogP contribution < -0.4 is 4.90 Å². The van der Waals surface area contributed by atoms with Crippen LogP contribution in [0.2, 0.25) is 0 Å². The highest BCUT2D eigenvalue weighted by Crippen LogP contribution is 2.25. The fourth-order valence-corrected chi connectivity index (χ4v) is 2.60. The van der Waals surface area contributed by atoms with Gasteiger partial charge in [0.05, 0.1) is 17.6 Å². The van der Waals surface area contributed by atoms with Gasteiger partial charge in [0, 0.05) is 13.1 Å². The zero-order chi connectivity index (χ0) is 12.5. The Hall–Kier alpha value is -1.84. The highest BCUT2D eigenvalue weighted by atomic mass is 16.1. The standard InChI is InChI=1S/C14H17N3O/c1-11(18)10-17-13-7-3-2-6-12(13)15-14(17)16-8-4-5-9-16/h2-3,6-7H,4-5,8-10H2,1H3. The second kappa shape index (κ2) is 4.44. The van der Waals surface area contributed by atoms with E-state index < -0.39 is 0 Å². The van der Waals surface area contributed by atoms with Gasteiger partial charge < -0.3 is 9.47 Å². The average Bonchev–Trinajstić information content (AvgIpc) is 2.96. The number of Topliss-reactive ketones (excluding diaryl/α,β-unsaturated/α-hetero) is 1. The van der Waals surface area contributed by atoms with Crippen molar-refractivity contribution in [2.24, 2.45) is 0 Å². The first kappa shape index (κ1) is 11.3. The molecular weight excluding hydrogens is 226 g/mol. The Morgan fingerprint density at radius 3 is 2.72 bits per heavy atom. The first-order valence-electron chi connectivity index (χ1n) is 6.45. The number of benzene rings is 1. The summed E-state index contributed by atoms with van der Waals surface area (Å²) < 4.78 is 2.04. The maximum Gasteiger partial charge on any atom is 0.206 e. The fraction of sp³-hybridized carbons (Fsp3) is 0.429. The number of para-hydroxylation sites is 2. The van der Waals surface area contributed by atoms with E-state index >= 15 is 0 Å². The molecule has 4 heteroatoms. The molecule has 1 saturated heterocycles. The number of hydrogen-bond acceptors (Lipinski definition) is 3. The van der Waals surface area contributed by atoms with Crippen molar-refractivity contribution >= 4 is 22.8 Å². The quantitative estimate of drug-likeness (QED) is 0.829. The third-order valence-electron chi connectivity index (χ3n) is 3.40. The molecule has 3 rings (SSSR count). The second-order valence-electron chi connectivity index (χ2n) is 4.88. The molecule has 0 spiro atoms. The van der Waals surface area contributed by atoms with Crippen molar-refractivity contribution in [3.63, 3.8) is 0 Å². The predicted molar refractivity (Wildman–Crippen MR) is 71.9 cm³/mol. The van der Waals surface area contributed by atoms with Crippen molar-refractivity contribution in [3.05, 3.63) is 24.3 Å². The molecule has 18 heavy (non-hydrogen) atoms. The van der Waals surface area contributed by atoms with Crippen LogP contribution in [0.4, 0.5) is 5.95 Å². The SMILES string of the molecule is CC(=O)Cn1c(N2CCCC2)nc2ccccc21. The van der Waals surface area contributed by atoms with Gasteiger partial charge >= 0.3 is 0 Å². The molecule has 1 fully saturated rings. The van der Waals surface area contributed by atoms with Crippen LogP contribution in [0.1, 0.15) is 19.8 Å². The number of carbonyl (C=O) groups is 1. The molecule has 1 aromatic carbocycles. The van der Waals surface area contributed by atoms with Crippen molar-refractivity contribution in [2.45, 2.75) is 26.3 Å². The summed E-state index contributed by atoms with van der Waals surface area (Å²) in [5.74, 6) is 1.11. The van der Waals surface area contributed by atoms with Crippen LogP contribution in [0.3, 0.4) is 0 Å². The van der Waals surface area contributed by atoms with Crippen molar-refractivity contribution in [3.8, 4) is 0 Å². The van der Waals surface area contributed by atoms with Gasteiger partial charge in [-0.2, -0.15) is 0 Å². The van der Waals surface area contributed by atoms with Crippen LogP contribution in [0.15, 0.2) is 24.3 Å². The molecule has 94 valence electrons. The van der Waals surface area contributed by atoms with Gasteiger partial charge in [0.15, 0.2) is 0 Å². The maximum absolute atomic E-state index is 11.5. The molecule has 2 heterocycles. The van der Waals surface area contributed by atoms with Gasteiger partial charge in [-0.1, -0.05) is 12.1 Å². The Morgan fingerprint density at radius 2 is 2.00 bits per heavy atom. The van der Waals surface area contributed by atoms with Crippen LogP contribution in [0.5, 0.6) is 0 Å². The highest BCUT2D eigenvalue weighted by molar-refractivity contribution is 5.83. The van der Waals surface area contributed by atoms with Crippen LogP contribution in [0, 0.1) is 0 Å². The highest BCUT2D eigenvalue weighted by Gasteiger charge is 2.20. The summed E-state index contributed by atoms with van der Waals surface area (Å²) in [6.45, 7) is 4.12. The number of aromatic nitrogens is 2. The molecule has 0 unspecified atom stereocenters. The Morgan fingerprint density at radius 1 is 1.28 bits per heavy atom. The zero-order valence-corrected chi connectivity index (χ0v) is 10.6. The molecule has 0 radical (unpaired) electrons. The first-order chi connectivity index (χ1) is 8.75. The summed E-state index contributed by atoms with van der Waals surface area (Å²) in [7, 11) is 0. The second-order valence-corrected chi connectivity index (χ2v) is 4.88. The van der Waals surface area contributed by atoms with Gasteiger partial charge in [-0.05, 0) is 31.9 Å². The van der Waals surface area contributed by atoms with Crippen molar-refractivity contribution in [2.75, 3.05) is 18.0 Å². The van der Waals surface area contributed by atoms with Crippen LogP contribution in [-0.4, -0.2) is 28.4 Å². The third-order valence-corrected chi connectivity index (χ3v) is 3.40. The average molecular weight is 243 g/mol. The minimum atomic E-state index is 0.165. The van der Waals surface area contributed by atoms with Gasteiger partial charge in [0.2, 0.25) is 5.95 Å².